The van der Waals surface area contributed by atoms with E-state index in [1.54, 1.807) is 6.08 Å². The normalized spacial score (nSPS) is 11.0. The van der Waals surface area contributed by atoms with Gasteiger partial charge in [-0.3, -0.25) is 4.79 Å². The topological polar surface area (TPSA) is 26.3 Å². The van der Waals surface area contributed by atoms with Crippen molar-refractivity contribution < 1.29 is 9.53 Å². The summed E-state index contributed by atoms with van der Waals surface area (Å²) < 4.78 is 5.63. The standard InChI is InChI=1S/C19H20O2/c1-4-15-10-12-16(13-11-15)14-18(20)21-19(2,3)17-8-6-5-7-9-17/h4-13H,1,14H2,2-3H3. The molecule has 0 radical (unpaired) electrons. The molecule has 0 aliphatic heterocycles. The molecule has 0 aromatic heterocycles. The quantitative estimate of drug-likeness (QED) is 0.761. The van der Waals surface area contributed by atoms with Crippen molar-refractivity contribution in [1.82, 2.24) is 0 Å². The second-order valence-electron chi connectivity index (χ2n) is 5.47. The Hall–Kier alpha value is -2.35. The van der Waals surface area contributed by atoms with Gasteiger partial charge in [-0.1, -0.05) is 67.3 Å². The van der Waals surface area contributed by atoms with Crippen molar-refractivity contribution in [1.29, 1.82) is 0 Å². The van der Waals surface area contributed by atoms with E-state index in [2.05, 4.69) is 6.58 Å². The molecule has 0 N–H and O–H groups in total. The molecule has 2 nitrogen and oxygen atoms in total. The van der Waals surface area contributed by atoms with Crippen molar-refractivity contribution in [2.45, 2.75) is 25.9 Å². The van der Waals surface area contributed by atoms with Crippen molar-refractivity contribution in [3.8, 4) is 0 Å². The van der Waals surface area contributed by atoms with E-state index in [1.165, 1.54) is 0 Å². The molecule has 0 saturated heterocycles. The number of carbonyl (C=O) groups is 1. The third-order valence-corrected chi connectivity index (χ3v) is 3.40. The first-order chi connectivity index (χ1) is 10.0. The predicted molar refractivity (Wildman–Crippen MR) is 85.8 cm³/mol. The lowest BCUT2D eigenvalue weighted by molar-refractivity contribution is -0.156. The smallest absolute Gasteiger partial charge is 0.311 e. The molecule has 2 heteroatoms. The Morgan fingerprint density at radius 1 is 1.10 bits per heavy atom. The minimum atomic E-state index is -0.626. The van der Waals surface area contributed by atoms with Gasteiger partial charge in [0.2, 0.25) is 0 Å². The fourth-order valence-electron chi connectivity index (χ4n) is 2.16. The highest BCUT2D eigenvalue weighted by molar-refractivity contribution is 5.73. The molecule has 2 aromatic carbocycles. The summed E-state index contributed by atoms with van der Waals surface area (Å²) in [5.41, 5.74) is 2.34. The van der Waals surface area contributed by atoms with Gasteiger partial charge in [0.1, 0.15) is 5.60 Å². The van der Waals surface area contributed by atoms with E-state index in [9.17, 15) is 4.79 Å². The van der Waals surface area contributed by atoms with Crippen LogP contribution in [0.4, 0.5) is 0 Å². The van der Waals surface area contributed by atoms with E-state index in [4.69, 9.17) is 4.74 Å². The molecule has 0 atom stereocenters. The molecule has 0 unspecified atom stereocenters. The second-order valence-corrected chi connectivity index (χ2v) is 5.47. The Balaban J connectivity index is 2.02. The van der Waals surface area contributed by atoms with Crippen molar-refractivity contribution >= 4 is 12.0 Å². The van der Waals surface area contributed by atoms with Crippen LogP contribution in [0, 0.1) is 0 Å². The van der Waals surface area contributed by atoms with Crippen LogP contribution in [-0.4, -0.2) is 5.97 Å². The predicted octanol–water partition coefficient (Wildman–Crippen LogP) is 4.35. The van der Waals surface area contributed by atoms with Gasteiger partial charge in [0, 0.05) is 0 Å². The SMILES string of the molecule is C=Cc1ccc(CC(=O)OC(C)(C)c2ccccc2)cc1. The van der Waals surface area contributed by atoms with Crippen LogP contribution >= 0.6 is 0 Å². The van der Waals surface area contributed by atoms with E-state index >= 15 is 0 Å². The van der Waals surface area contributed by atoms with Crippen LogP contribution in [-0.2, 0) is 21.6 Å². The van der Waals surface area contributed by atoms with Crippen LogP contribution in [0.2, 0.25) is 0 Å². The minimum absolute atomic E-state index is 0.227. The van der Waals surface area contributed by atoms with Crippen LogP contribution in [0.5, 0.6) is 0 Å². The highest BCUT2D eigenvalue weighted by atomic mass is 16.6. The monoisotopic (exact) mass is 280 g/mol. The molecule has 0 bridgehead atoms. The lowest BCUT2D eigenvalue weighted by Gasteiger charge is -2.25. The van der Waals surface area contributed by atoms with Gasteiger partial charge in [0.05, 0.1) is 6.42 Å². The zero-order valence-corrected chi connectivity index (χ0v) is 12.5. The van der Waals surface area contributed by atoms with Crippen molar-refractivity contribution in [2.24, 2.45) is 0 Å². The highest BCUT2D eigenvalue weighted by Gasteiger charge is 2.24. The van der Waals surface area contributed by atoms with Crippen LogP contribution in [0.1, 0.15) is 30.5 Å². The summed E-state index contributed by atoms with van der Waals surface area (Å²) in [6, 6.07) is 17.5. The van der Waals surface area contributed by atoms with Crippen molar-refractivity contribution in [3.05, 3.63) is 77.9 Å². The fraction of sp³-hybridized carbons (Fsp3) is 0.211. The van der Waals surface area contributed by atoms with E-state index in [1.807, 2.05) is 68.4 Å². The van der Waals surface area contributed by atoms with E-state index < -0.39 is 5.60 Å². The number of ether oxygens (including phenoxy) is 1. The molecule has 0 aliphatic carbocycles. The van der Waals surface area contributed by atoms with Gasteiger partial charge in [-0.05, 0) is 30.5 Å². The van der Waals surface area contributed by atoms with Gasteiger partial charge in [-0.25, -0.2) is 0 Å². The molecular weight excluding hydrogens is 260 g/mol. The summed E-state index contributed by atoms with van der Waals surface area (Å²) in [5, 5.41) is 0. The maximum atomic E-state index is 12.1. The Morgan fingerprint density at radius 3 is 2.29 bits per heavy atom. The van der Waals surface area contributed by atoms with Gasteiger partial charge in [-0.15, -0.1) is 0 Å². The van der Waals surface area contributed by atoms with E-state index in [-0.39, 0.29) is 12.4 Å². The average Bonchev–Trinajstić information content (AvgIpc) is 2.48. The first kappa shape index (κ1) is 15.0. The first-order valence-electron chi connectivity index (χ1n) is 7.00. The average molecular weight is 280 g/mol. The van der Waals surface area contributed by atoms with Gasteiger partial charge < -0.3 is 4.74 Å². The largest absolute Gasteiger partial charge is 0.455 e. The van der Waals surface area contributed by atoms with Crippen LogP contribution in [0.3, 0.4) is 0 Å². The minimum Gasteiger partial charge on any atom is -0.455 e. The van der Waals surface area contributed by atoms with Crippen LogP contribution < -0.4 is 0 Å². The molecule has 0 aliphatic rings. The number of carbonyl (C=O) groups excluding carboxylic acids is 1. The molecule has 2 rings (SSSR count). The summed E-state index contributed by atoms with van der Waals surface area (Å²) in [6.45, 7) is 7.52. The fourth-order valence-corrected chi connectivity index (χ4v) is 2.16. The Kier molecular flexibility index (Phi) is 4.59. The number of benzene rings is 2. The molecule has 0 amide bonds. The number of rotatable bonds is 5. The molecule has 2 aromatic rings. The summed E-state index contributed by atoms with van der Waals surface area (Å²) in [6.07, 6.45) is 2.05. The first-order valence-corrected chi connectivity index (χ1v) is 7.00. The van der Waals surface area contributed by atoms with Gasteiger partial charge in [0.25, 0.3) is 0 Å². The Labute approximate surface area is 126 Å². The third kappa shape index (κ3) is 4.06. The molecule has 108 valence electrons. The molecule has 0 spiro atoms. The van der Waals surface area contributed by atoms with Gasteiger partial charge >= 0.3 is 5.97 Å². The van der Waals surface area contributed by atoms with Crippen molar-refractivity contribution in [2.75, 3.05) is 0 Å². The second kappa shape index (κ2) is 6.40. The summed E-state index contributed by atoms with van der Waals surface area (Å²) in [5.74, 6) is -0.227. The highest BCUT2D eigenvalue weighted by Crippen LogP contribution is 2.25. The molecule has 0 heterocycles. The zero-order valence-electron chi connectivity index (χ0n) is 12.5. The molecular formula is C19H20O2. The summed E-state index contributed by atoms with van der Waals surface area (Å²) in [4.78, 5) is 12.1. The zero-order chi connectivity index (χ0) is 15.3. The number of hydrogen-bond acceptors (Lipinski definition) is 2. The number of esters is 1. The lowest BCUT2D eigenvalue weighted by Crippen LogP contribution is -2.26. The lowest BCUT2D eigenvalue weighted by atomic mass is 9.98. The van der Waals surface area contributed by atoms with Crippen LogP contribution in [0.25, 0.3) is 6.08 Å². The summed E-state index contributed by atoms with van der Waals surface area (Å²) >= 11 is 0. The molecule has 0 fully saturated rings. The van der Waals surface area contributed by atoms with E-state index in [0.29, 0.717) is 0 Å². The third-order valence-electron chi connectivity index (χ3n) is 3.40. The maximum Gasteiger partial charge on any atom is 0.311 e. The van der Waals surface area contributed by atoms with Crippen molar-refractivity contribution in [3.63, 3.8) is 0 Å². The molecule has 21 heavy (non-hydrogen) atoms. The molecule has 0 saturated carbocycles. The summed E-state index contributed by atoms with van der Waals surface area (Å²) in [7, 11) is 0. The van der Waals surface area contributed by atoms with E-state index in [0.717, 1.165) is 16.7 Å². The maximum absolute atomic E-state index is 12.1. The Bertz CT molecular complexity index is 610. The number of hydrogen-bond donors (Lipinski definition) is 0. The Morgan fingerprint density at radius 2 is 1.71 bits per heavy atom. The van der Waals surface area contributed by atoms with Gasteiger partial charge in [0.15, 0.2) is 0 Å². The van der Waals surface area contributed by atoms with Crippen LogP contribution in [0.15, 0.2) is 61.2 Å². The van der Waals surface area contributed by atoms with Gasteiger partial charge in [-0.2, -0.15) is 0 Å².